The molecule has 3 rings (SSSR count). The standard InChI is InChI=1S/C20H29NO3/c22-16-11-12-17(18(23)13-16)21-20(24)19(14-7-3-1-4-8-14)15-9-5-2-6-10-15/h11-15,19,22-23H,1-10H2,(H,21,24). The van der Waals surface area contributed by atoms with Gasteiger partial charge in [-0.15, -0.1) is 0 Å². The first-order chi connectivity index (χ1) is 11.6. The van der Waals surface area contributed by atoms with Crippen LogP contribution in [0.3, 0.4) is 0 Å². The predicted molar refractivity (Wildman–Crippen MR) is 95.0 cm³/mol. The van der Waals surface area contributed by atoms with Crippen molar-refractivity contribution in [2.24, 2.45) is 17.8 Å². The number of rotatable bonds is 4. The minimum absolute atomic E-state index is 0.00149. The number of hydrogen-bond acceptors (Lipinski definition) is 3. The van der Waals surface area contributed by atoms with Gasteiger partial charge in [-0.05, 0) is 49.7 Å². The molecule has 132 valence electrons. The summed E-state index contributed by atoms with van der Waals surface area (Å²) in [5.41, 5.74) is 0.398. The van der Waals surface area contributed by atoms with Crippen molar-refractivity contribution in [3.05, 3.63) is 18.2 Å². The number of carbonyl (C=O) groups is 1. The van der Waals surface area contributed by atoms with Crippen molar-refractivity contribution in [1.82, 2.24) is 0 Å². The van der Waals surface area contributed by atoms with Gasteiger partial charge in [0.1, 0.15) is 11.5 Å². The van der Waals surface area contributed by atoms with E-state index < -0.39 is 0 Å². The molecule has 1 aromatic rings. The van der Waals surface area contributed by atoms with Crippen LogP contribution in [-0.4, -0.2) is 16.1 Å². The third-order valence-electron chi connectivity index (χ3n) is 5.86. The van der Waals surface area contributed by atoms with Crippen molar-refractivity contribution in [3.8, 4) is 11.5 Å². The Morgan fingerprint density at radius 1 is 0.917 bits per heavy atom. The van der Waals surface area contributed by atoms with Gasteiger partial charge in [0.05, 0.1) is 5.69 Å². The smallest absolute Gasteiger partial charge is 0.228 e. The van der Waals surface area contributed by atoms with Gasteiger partial charge in [-0.2, -0.15) is 0 Å². The first-order valence-corrected chi connectivity index (χ1v) is 9.48. The molecule has 0 bridgehead atoms. The van der Waals surface area contributed by atoms with E-state index in [2.05, 4.69) is 5.32 Å². The number of amides is 1. The van der Waals surface area contributed by atoms with Crippen LogP contribution < -0.4 is 5.32 Å². The minimum atomic E-state index is -0.0746. The number of nitrogens with one attached hydrogen (secondary N) is 1. The number of anilines is 1. The fourth-order valence-corrected chi connectivity index (χ4v) is 4.64. The van der Waals surface area contributed by atoms with Gasteiger partial charge in [-0.1, -0.05) is 38.5 Å². The van der Waals surface area contributed by atoms with E-state index in [0.717, 1.165) is 25.7 Å². The zero-order valence-electron chi connectivity index (χ0n) is 14.3. The van der Waals surface area contributed by atoms with Crippen LogP contribution in [0.5, 0.6) is 11.5 Å². The van der Waals surface area contributed by atoms with Crippen molar-refractivity contribution >= 4 is 11.6 Å². The van der Waals surface area contributed by atoms with Crippen molar-refractivity contribution in [3.63, 3.8) is 0 Å². The molecule has 0 aliphatic heterocycles. The fraction of sp³-hybridized carbons (Fsp3) is 0.650. The third kappa shape index (κ3) is 4.03. The molecule has 2 aliphatic rings. The van der Waals surface area contributed by atoms with Crippen LogP contribution in [0.4, 0.5) is 5.69 Å². The first-order valence-electron chi connectivity index (χ1n) is 9.48. The molecule has 0 heterocycles. The van der Waals surface area contributed by atoms with E-state index in [-0.39, 0.29) is 23.3 Å². The molecule has 2 saturated carbocycles. The van der Waals surface area contributed by atoms with E-state index in [9.17, 15) is 15.0 Å². The van der Waals surface area contributed by atoms with Crippen molar-refractivity contribution < 1.29 is 15.0 Å². The molecule has 0 saturated heterocycles. The topological polar surface area (TPSA) is 69.6 Å². The Hall–Kier alpha value is -1.71. The normalized spacial score (nSPS) is 20.2. The average molecular weight is 331 g/mol. The van der Waals surface area contributed by atoms with Crippen LogP contribution in [0.2, 0.25) is 0 Å². The Balaban J connectivity index is 1.76. The summed E-state index contributed by atoms with van der Waals surface area (Å²) >= 11 is 0. The summed E-state index contributed by atoms with van der Waals surface area (Å²) in [5.74, 6) is 0.979. The van der Waals surface area contributed by atoms with Crippen molar-refractivity contribution in [1.29, 1.82) is 0 Å². The molecule has 0 atom stereocenters. The predicted octanol–water partition coefficient (Wildman–Crippen LogP) is 4.81. The number of aromatic hydroxyl groups is 2. The van der Waals surface area contributed by atoms with Gasteiger partial charge in [0.2, 0.25) is 5.91 Å². The maximum atomic E-state index is 13.1. The molecule has 4 heteroatoms. The Morgan fingerprint density at radius 3 is 1.96 bits per heavy atom. The highest BCUT2D eigenvalue weighted by Gasteiger charge is 2.36. The Labute approximate surface area is 144 Å². The van der Waals surface area contributed by atoms with E-state index in [0.29, 0.717) is 17.5 Å². The highest BCUT2D eigenvalue weighted by atomic mass is 16.3. The Bertz CT molecular complexity index is 542. The summed E-state index contributed by atoms with van der Waals surface area (Å²) in [6.45, 7) is 0. The summed E-state index contributed by atoms with van der Waals surface area (Å²) < 4.78 is 0. The van der Waals surface area contributed by atoms with Gasteiger partial charge in [0, 0.05) is 12.0 Å². The number of phenols is 2. The summed E-state index contributed by atoms with van der Waals surface area (Å²) in [6.07, 6.45) is 12.1. The molecular formula is C20H29NO3. The zero-order chi connectivity index (χ0) is 16.9. The second-order valence-corrected chi connectivity index (χ2v) is 7.51. The van der Waals surface area contributed by atoms with Gasteiger partial charge in [-0.3, -0.25) is 4.79 Å². The number of hydrogen-bond donors (Lipinski definition) is 3. The molecule has 2 aliphatic carbocycles. The van der Waals surface area contributed by atoms with Crippen LogP contribution in [-0.2, 0) is 4.79 Å². The quantitative estimate of drug-likeness (QED) is 0.547. The van der Waals surface area contributed by atoms with Crippen molar-refractivity contribution in [2.45, 2.75) is 64.2 Å². The zero-order valence-corrected chi connectivity index (χ0v) is 14.3. The van der Waals surface area contributed by atoms with E-state index in [1.807, 2.05) is 0 Å². The molecule has 4 nitrogen and oxygen atoms in total. The number of benzene rings is 1. The lowest BCUT2D eigenvalue weighted by Gasteiger charge is -2.36. The second-order valence-electron chi connectivity index (χ2n) is 7.51. The number of carbonyl (C=O) groups excluding carboxylic acids is 1. The van der Waals surface area contributed by atoms with Gasteiger partial charge in [-0.25, -0.2) is 0 Å². The Morgan fingerprint density at radius 2 is 1.46 bits per heavy atom. The molecule has 24 heavy (non-hydrogen) atoms. The number of phenolic OH excluding ortho intramolecular Hbond substituents is 2. The second kappa shape index (κ2) is 7.91. The van der Waals surface area contributed by atoms with E-state index >= 15 is 0 Å². The minimum Gasteiger partial charge on any atom is -0.508 e. The summed E-state index contributed by atoms with van der Waals surface area (Å²) in [6, 6.07) is 4.33. The van der Waals surface area contributed by atoms with Crippen LogP contribution in [0.25, 0.3) is 0 Å². The molecular weight excluding hydrogens is 302 g/mol. The lowest BCUT2D eigenvalue weighted by Crippen LogP contribution is -2.37. The first kappa shape index (κ1) is 17.1. The molecule has 0 spiro atoms. The van der Waals surface area contributed by atoms with E-state index in [4.69, 9.17) is 0 Å². The maximum Gasteiger partial charge on any atom is 0.228 e. The lowest BCUT2D eigenvalue weighted by atomic mass is 9.69. The highest BCUT2D eigenvalue weighted by molar-refractivity contribution is 5.94. The van der Waals surface area contributed by atoms with Crippen LogP contribution in [0.15, 0.2) is 18.2 Å². The SMILES string of the molecule is O=C(Nc1ccc(O)cc1O)C(C1CCCCC1)C1CCCCC1. The highest BCUT2D eigenvalue weighted by Crippen LogP contribution is 2.41. The molecule has 3 N–H and O–H groups in total. The monoisotopic (exact) mass is 331 g/mol. The average Bonchev–Trinajstić information content (AvgIpc) is 2.60. The van der Waals surface area contributed by atoms with Crippen LogP contribution in [0.1, 0.15) is 64.2 Å². The van der Waals surface area contributed by atoms with Gasteiger partial charge in [0.25, 0.3) is 0 Å². The van der Waals surface area contributed by atoms with Crippen molar-refractivity contribution in [2.75, 3.05) is 5.32 Å². The lowest BCUT2D eigenvalue weighted by molar-refractivity contribution is -0.124. The molecule has 1 aromatic carbocycles. The van der Waals surface area contributed by atoms with Gasteiger partial charge < -0.3 is 15.5 Å². The third-order valence-corrected chi connectivity index (χ3v) is 5.86. The van der Waals surface area contributed by atoms with E-state index in [1.54, 1.807) is 6.07 Å². The summed E-state index contributed by atoms with van der Waals surface area (Å²) in [7, 11) is 0. The van der Waals surface area contributed by atoms with Crippen LogP contribution in [0, 0.1) is 17.8 Å². The van der Waals surface area contributed by atoms with Gasteiger partial charge >= 0.3 is 0 Å². The fourth-order valence-electron chi connectivity index (χ4n) is 4.64. The van der Waals surface area contributed by atoms with Gasteiger partial charge in [0.15, 0.2) is 0 Å². The van der Waals surface area contributed by atoms with E-state index in [1.165, 1.54) is 50.7 Å². The summed E-state index contributed by atoms with van der Waals surface area (Å²) in [5, 5.41) is 22.3. The largest absolute Gasteiger partial charge is 0.508 e. The summed E-state index contributed by atoms with van der Waals surface area (Å²) in [4.78, 5) is 13.1. The molecule has 0 unspecified atom stereocenters. The molecule has 2 fully saturated rings. The van der Waals surface area contributed by atoms with Crippen LogP contribution >= 0.6 is 0 Å². The maximum absolute atomic E-state index is 13.1. The molecule has 0 aromatic heterocycles. The Kier molecular flexibility index (Phi) is 5.64. The molecule has 1 amide bonds. The molecule has 0 radical (unpaired) electrons.